The van der Waals surface area contributed by atoms with Crippen LogP contribution in [0, 0.1) is 12.7 Å². The van der Waals surface area contributed by atoms with Gasteiger partial charge in [-0.25, -0.2) is 4.39 Å². The smallest absolute Gasteiger partial charge is 0.246 e. The van der Waals surface area contributed by atoms with Crippen LogP contribution in [-0.4, -0.2) is 21.7 Å². The van der Waals surface area contributed by atoms with Gasteiger partial charge in [0.15, 0.2) is 11.6 Å². The van der Waals surface area contributed by atoms with E-state index in [1.165, 1.54) is 0 Å². The Morgan fingerprint density at radius 2 is 1.72 bits per heavy atom. The zero-order chi connectivity index (χ0) is 20.2. The summed E-state index contributed by atoms with van der Waals surface area (Å²) in [5.74, 6) is 0.00858. The second kappa shape index (κ2) is 8.22. The summed E-state index contributed by atoms with van der Waals surface area (Å²) in [4.78, 5) is 4.05. The van der Waals surface area contributed by atoms with Crippen LogP contribution in [0.3, 0.4) is 0 Å². The van der Waals surface area contributed by atoms with Gasteiger partial charge in [0.25, 0.3) is 0 Å². The predicted molar refractivity (Wildman–Crippen MR) is 112 cm³/mol. The quantitative estimate of drug-likeness (QED) is 0.486. The molecule has 29 heavy (non-hydrogen) atoms. The second-order valence-electron chi connectivity index (χ2n) is 6.71. The van der Waals surface area contributed by atoms with Gasteiger partial charge in [0.05, 0.1) is 5.69 Å². The fourth-order valence-electron chi connectivity index (χ4n) is 3.26. The molecule has 0 aliphatic rings. The average molecular weight is 388 g/mol. The first-order valence-electron chi connectivity index (χ1n) is 9.51. The first kappa shape index (κ1) is 18.8. The third kappa shape index (κ3) is 3.87. The molecular formula is C23H21FN4O. The number of aromatic nitrogens is 3. The molecule has 1 N–H and O–H groups in total. The van der Waals surface area contributed by atoms with E-state index in [0.717, 1.165) is 34.3 Å². The lowest BCUT2D eigenvalue weighted by molar-refractivity contribution is 0.425. The molecule has 4 rings (SSSR count). The van der Waals surface area contributed by atoms with E-state index in [9.17, 15) is 4.39 Å². The number of hydrogen-bond acceptors (Lipinski definition) is 5. The fourth-order valence-corrected chi connectivity index (χ4v) is 3.26. The molecule has 0 spiro atoms. The normalized spacial score (nSPS) is 10.9. The van der Waals surface area contributed by atoms with Crippen LogP contribution in [0.1, 0.15) is 23.7 Å². The molecule has 4 aromatic rings. The highest BCUT2D eigenvalue weighted by Crippen LogP contribution is 2.33. The molecule has 146 valence electrons. The third-order valence-electron chi connectivity index (χ3n) is 4.78. The Balaban J connectivity index is 1.71. The molecule has 6 heteroatoms. The van der Waals surface area contributed by atoms with Gasteiger partial charge in [0.2, 0.25) is 5.88 Å². The lowest BCUT2D eigenvalue weighted by Crippen LogP contribution is -2.03. The van der Waals surface area contributed by atoms with Gasteiger partial charge in [0.1, 0.15) is 0 Å². The zero-order valence-corrected chi connectivity index (χ0v) is 16.3. The van der Waals surface area contributed by atoms with Crippen molar-refractivity contribution in [3.8, 4) is 11.6 Å². The molecule has 0 bridgehead atoms. The van der Waals surface area contributed by atoms with Crippen LogP contribution in [-0.2, 0) is 6.42 Å². The van der Waals surface area contributed by atoms with Crippen LogP contribution in [0.15, 0.2) is 60.9 Å². The lowest BCUT2D eigenvalue weighted by Gasteiger charge is -2.14. The molecule has 2 heterocycles. The summed E-state index contributed by atoms with van der Waals surface area (Å²) < 4.78 is 20.7. The van der Waals surface area contributed by atoms with Crippen LogP contribution in [0.4, 0.5) is 10.1 Å². The average Bonchev–Trinajstić information content (AvgIpc) is 2.76. The Labute approximate surface area is 168 Å². The lowest BCUT2D eigenvalue weighted by atomic mass is 10.1. The Morgan fingerprint density at radius 3 is 2.48 bits per heavy atom. The highest BCUT2D eigenvalue weighted by atomic mass is 19.1. The third-order valence-corrected chi connectivity index (χ3v) is 4.78. The molecule has 0 saturated carbocycles. The standard InChI is InChI=1S/C23H21FN4O/c1-3-26-19-8-9-21(22(24)15(19)2)29-23-18-7-5-4-6-17(18)20(27-28-23)14-16-10-12-25-13-11-16/h4-13,26H,3,14H2,1-2H3. The maximum Gasteiger partial charge on any atom is 0.246 e. The van der Waals surface area contributed by atoms with Gasteiger partial charge in [-0.05, 0) is 49.7 Å². The van der Waals surface area contributed by atoms with E-state index in [4.69, 9.17) is 4.74 Å². The summed E-state index contributed by atoms with van der Waals surface area (Å²) in [5.41, 5.74) is 3.18. The summed E-state index contributed by atoms with van der Waals surface area (Å²) in [6, 6.07) is 15.1. The van der Waals surface area contributed by atoms with Crippen LogP contribution in [0.25, 0.3) is 10.8 Å². The minimum Gasteiger partial charge on any atom is -0.434 e. The predicted octanol–water partition coefficient (Wildman–Crippen LogP) is 5.29. The number of nitrogens with zero attached hydrogens (tertiary/aromatic N) is 3. The first-order chi connectivity index (χ1) is 14.2. The van der Waals surface area contributed by atoms with Gasteiger partial charge >= 0.3 is 0 Å². The Kier molecular flexibility index (Phi) is 5.33. The molecule has 0 aliphatic heterocycles. The molecule has 2 aromatic heterocycles. The zero-order valence-electron chi connectivity index (χ0n) is 16.3. The number of benzene rings is 2. The molecular weight excluding hydrogens is 367 g/mol. The van der Waals surface area contributed by atoms with Gasteiger partial charge in [-0.1, -0.05) is 18.2 Å². The van der Waals surface area contributed by atoms with Crippen molar-refractivity contribution in [1.82, 2.24) is 15.2 Å². The van der Waals surface area contributed by atoms with Crippen molar-refractivity contribution in [1.29, 1.82) is 0 Å². The number of fused-ring (bicyclic) bond motifs is 1. The van der Waals surface area contributed by atoms with Crippen molar-refractivity contribution in [3.05, 3.63) is 83.6 Å². The maximum atomic E-state index is 14.8. The summed E-state index contributed by atoms with van der Waals surface area (Å²) in [7, 11) is 0. The molecule has 0 amide bonds. The van der Waals surface area contributed by atoms with Crippen LogP contribution in [0.2, 0.25) is 0 Å². The Bertz CT molecular complexity index is 1150. The van der Waals surface area contributed by atoms with E-state index in [-0.39, 0.29) is 11.6 Å². The van der Waals surface area contributed by atoms with Crippen molar-refractivity contribution >= 4 is 16.5 Å². The summed E-state index contributed by atoms with van der Waals surface area (Å²) >= 11 is 0. The molecule has 2 aromatic carbocycles. The van der Waals surface area contributed by atoms with Crippen molar-refractivity contribution < 1.29 is 9.13 Å². The first-order valence-corrected chi connectivity index (χ1v) is 9.51. The van der Waals surface area contributed by atoms with E-state index in [1.54, 1.807) is 25.4 Å². The van der Waals surface area contributed by atoms with E-state index in [2.05, 4.69) is 20.5 Å². The van der Waals surface area contributed by atoms with Crippen LogP contribution in [0.5, 0.6) is 11.6 Å². The number of rotatable bonds is 6. The Morgan fingerprint density at radius 1 is 0.966 bits per heavy atom. The van der Waals surface area contributed by atoms with Crippen molar-refractivity contribution in [2.24, 2.45) is 0 Å². The van der Waals surface area contributed by atoms with E-state index < -0.39 is 5.82 Å². The molecule has 0 fully saturated rings. The molecule has 5 nitrogen and oxygen atoms in total. The Hall–Kier alpha value is -3.54. The second-order valence-corrected chi connectivity index (χ2v) is 6.71. The summed E-state index contributed by atoms with van der Waals surface area (Å²) in [6.07, 6.45) is 4.14. The number of halogens is 1. The highest BCUT2D eigenvalue weighted by Gasteiger charge is 2.16. The van der Waals surface area contributed by atoms with Crippen molar-refractivity contribution in [2.75, 3.05) is 11.9 Å². The maximum absolute atomic E-state index is 14.8. The van der Waals surface area contributed by atoms with E-state index in [0.29, 0.717) is 12.0 Å². The number of anilines is 1. The monoisotopic (exact) mass is 388 g/mol. The van der Waals surface area contributed by atoms with Gasteiger partial charge in [-0.2, -0.15) is 5.10 Å². The SMILES string of the molecule is CCNc1ccc(Oc2nnc(Cc3ccncc3)c3ccccc23)c(F)c1C. The molecule has 0 saturated heterocycles. The van der Waals surface area contributed by atoms with Gasteiger partial charge in [-0.15, -0.1) is 5.10 Å². The minimum atomic E-state index is -0.407. The van der Waals surface area contributed by atoms with Crippen LogP contribution >= 0.6 is 0 Å². The number of hydrogen-bond donors (Lipinski definition) is 1. The number of ether oxygens (including phenoxy) is 1. The molecule has 0 atom stereocenters. The molecule has 0 aliphatic carbocycles. The van der Waals surface area contributed by atoms with Gasteiger partial charge < -0.3 is 10.1 Å². The van der Waals surface area contributed by atoms with Crippen LogP contribution < -0.4 is 10.1 Å². The van der Waals surface area contributed by atoms with Crippen molar-refractivity contribution in [2.45, 2.75) is 20.3 Å². The van der Waals surface area contributed by atoms with E-state index >= 15 is 0 Å². The number of nitrogens with one attached hydrogen (secondary N) is 1. The summed E-state index contributed by atoms with van der Waals surface area (Å²) in [5, 5.41) is 13.5. The van der Waals surface area contributed by atoms with Gasteiger partial charge in [-0.3, -0.25) is 4.98 Å². The summed E-state index contributed by atoms with van der Waals surface area (Å²) in [6.45, 7) is 4.41. The molecule has 0 unspecified atom stereocenters. The highest BCUT2D eigenvalue weighted by molar-refractivity contribution is 5.88. The van der Waals surface area contributed by atoms with E-state index in [1.807, 2.05) is 49.4 Å². The number of pyridine rings is 1. The topological polar surface area (TPSA) is 59.9 Å². The largest absolute Gasteiger partial charge is 0.434 e. The van der Waals surface area contributed by atoms with Gasteiger partial charge in [0, 0.05) is 47.4 Å². The minimum absolute atomic E-state index is 0.130. The molecule has 0 radical (unpaired) electrons. The fraction of sp³-hybridized carbons (Fsp3) is 0.174. The van der Waals surface area contributed by atoms with Crippen molar-refractivity contribution in [3.63, 3.8) is 0 Å².